The molecule has 0 saturated carbocycles. The van der Waals surface area contributed by atoms with Gasteiger partial charge in [0.05, 0.1) is 6.61 Å². The first-order valence-electron chi connectivity index (χ1n) is 28.9. The lowest BCUT2D eigenvalue weighted by molar-refractivity contribution is -0.301. The summed E-state index contributed by atoms with van der Waals surface area (Å²) >= 11 is 0. The monoisotopic (exact) mass is 1030 g/mol. The SMILES string of the molecule is CC/C=C\C/C=C\C/C=C\C/C=C\C/C=C\CCCCCC(=O)OCC(COC1OC(C(=O)O)C(O)C(O)C1OC(=O)CCCCCCC/C=C\CCCC)OC(=O)CCCCCCCCCCCCCCC. The number of aliphatic hydroxyl groups excluding tert-OH is 2. The second-order valence-corrected chi connectivity index (χ2v) is 19.5. The van der Waals surface area contributed by atoms with Gasteiger partial charge in [0.25, 0.3) is 0 Å². The molecule has 6 unspecified atom stereocenters. The van der Waals surface area contributed by atoms with Crippen molar-refractivity contribution < 1.29 is 58.2 Å². The first kappa shape index (κ1) is 67.2. The van der Waals surface area contributed by atoms with Gasteiger partial charge in [0, 0.05) is 19.3 Å². The number of carboxylic acids is 1. The predicted octanol–water partition coefficient (Wildman–Crippen LogP) is 14.6. The molecule has 0 spiro atoms. The largest absolute Gasteiger partial charge is 0.479 e. The van der Waals surface area contributed by atoms with Crippen LogP contribution < -0.4 is 0 Å². The van der Waals surface area contributed by atoms with Gasteiger partial charge >= 0.3 is 23.9 Å². The van der Waals surface area contributed by atoms with E-state index in [1.54, 1.807) is 0 Å². The summed E-state index contributed by atoms with van der Waals surface area (Å²) in [6.45, 7) is 5.80. The number of carbonyl (C=O) groups excluding carboxylic acids is 3. The van der Waals surface area contributed by atoms with E-state index in [9.17, 15) is 34.5 Å². The topological polar surface area (TPSA) is 175 Å². The number of allylic oxidation sites excluding steroid dienone is 12. The van der Waals surface area contributed by atoms with Crippen LogP contribution in [0, 0.1) is 0 Å². The number of rotatable bonds is 48. The Labute approximate surface area is 442 Å². The Morgan fingerprint density at radius 1 is 0.466 bits per heavy atom. The van der Waals surface area contributed by atoms with Crippen LogP contribution in [-0.2, 0) is 42.9 Å². The van der Waals surface area contributed by atoms with E-state index in [0.29, 0.717) is 19.3 Å². The standard InChI is InChI=1S/C61H102O12/c1-4-7-10-13-16-19-22-24-25-26-27-28-29-31-33-35-38-41-44-47-53(62)69-50-52(71-54(63)48-45-42-39-37-34-30-23-20-17-14-11-8-5-2)51-70-61-59(57(66)56(65)58(73-61)60(67)68)72-55(64)49-46-43-40-36-32-21-18-15-12-9-6-3/h7,10,15-16,18-19,24-25,27-28,31,33,52,56-59,61,65-66H,4-6,8-9,11-14,17,20-23,26,29-30,32,34-51H2,1-3H3,(H,67,68)/b10-7-,18-15-,19-16-,25-24-,28-27-,33-31-. The van der Waals surface area contributed by atoms with Crippen molar-refractivity contribution in [2.24, 2.45) is 0 Å². The summed E-state index contributed by atoms with van der Waals surface area (Å²) in [6.07, 6.45) is 48.8. The third-order valence-corrected chi connectivity index (χ3v) is 12.8. The molecule has 1 aliphatic heterocycles. The van der Waals surface area contributed by atoms with Gasteiger partial charge in [-0.15, -0.1) is 0 Å². The summed E-state index contributed by atoms with van der Waals surface area (Å²) in [5.74, 6) is -3.17. The van der Waals surface area contributed by atoms with Crippen molar-refractivity contribution >= 4 is 23.9 Å². The fourth-order valence-electron chi connectivity index (χ4n) is 8.32. The van der Waals surface area contributed by atoms with Crippen LogP contribution in [0.25, 0.3) is 0 Å². The van der Waals surface area contributed by atoms with E-state index >= 15 is 0 Å². The molecule has 12 heteroatoms. The van der Waals surface area contributed by atoms with Crippen molar-refractivity contribution in [3.05, 3.63) is 72.9 Å². The smallest absolute Gasteiger partial charge is 0.335 e. The number of ether oxygens (including phenoxy) is 5. The molecule has 3 N–H and O–H groups in total. The number of aliphatic hydroxyl groups is 2. The average molecular weight is 1030 g/mol. The highest BCUT2D eigenvalue weighted by Crippen LogP contribution is 2.26. The highest BCUT2D eigenvalue weighted by Gasteiger charge is 2.50. The molecule has 1 saturated heterocycles. The molecule has 0 aliphatic carbocycles. The normalized spacial score (nSPS) is 18.8. The summed E-state index contributed by atoms with van der Waals surface area (Å²) < 4.78 is 28.3. The van der Waals surface area contributed by atoms with E-state index in [1.165, 1.54) is 70.6 Å². The minimum atomic E-state index is -1.91. The van der Waals surface area contributed by atoms with Gasteiger partial charge in [-0.3, -0.25) is 14.4 Å². The molecule has 1 aliphatic rings. The van der Waals surface area contributed by atoms with Gasteiger partial charge in [-0.1, -0.05) is 209 Å². The molecular weight excluding hydrogens is 925 g/mol. The molecular formula is C61H102O12. The molecule has 1 rings (SSSR count). The van der Waals surface area contributed by atoms with Gasteiger partial charge in [-0.25, -0.2) is 4.79 Å². The maximum Gasteiger partial charge on any atom is 0.335 e. The maximum atomic E-state index is 13.1. The average Bonchev–Trinajstić information content (AvgIpc) is 3.37. The van der Waals surface area contributed by atoms with Gasteiger partial charge in [0.15, 0.2) is 24.6 Å². The highest BCUT2D eigenvalue weighted by atomic mass is 16.7. The number of hydrogen-bond acceptors (Lipinski definition) is 11. The molecule has 0 aromatic heterocycles. The van der Waals surface area contributed by atoms with Crippen molar-refractivity contribution in [2.45, 2.75) is 276 Å². The first-order chi connectivity index (χ1) is 35.6. The van der Waals surface area contributed by atoms with E-state index in [0.717, 1.165) is 109 Å². The zero-order valence-corrected chi connectivity index (χ0v) is 45.9. The van der Waals surface area contributed by atoms with Crippen LogP contribution in [0.5, 0.6) is 0 Å². The third kappa shape index (κ3) is 39.3. The van der Waals surface area contributed by atoms with Crippen LogP contribution in [0.3, 0.4) is 0 Å². The van der Waals surface area contributed by atoms with Crippen LogP contribution in [0.4, 0.5) is 0 Å². The molecule has 12 nitrogen and oxygen atoms in total. The number of unbranched alkanes of at least 4 members (excludes halogenated alkanes) is 22. The Bertz CT molecular complexity index is 1550. The Morgan fingerprint density at radius 2 is 0.877 bits per heavy atom. The number of aliphatic carboxylic acids is 1. The van der Waals surface area contributed by atoms with Crippen molar-refractivity contribution in [3.8, 4) is 0 Å². The first-order valence-corrected chi connectivity index (χ1v) is 28.9. The maximum absolute atomic E-state index is 13.1. The Kier molecular flexibility index (Phi) is 45.1. The van der Waals surface area contributed by atoms with Crippen LogP contribution in [0.1, 0.15) is 239 Å². The fraction of sp³-hybridized carbons (Fsp3) is 0.738. The molecule has 418 valence electrons. The summed E-state index contributed by atoms with van der Waals surface area (Å²) in [7, 11) is 0. The lowest BCUT2D eigenvalue weighted by atomic mass is 9.98. The minimum Gasteiger partial charge on any atom is -0.479 e. The van der Waals surface area contributed by atoms with Crippen molar-refractivity contribution in [1.29, 1.82) is 0 Å². The quantitative estimate of drug-likeness (QED) is 0.0228. The van der Waals surface area contributed by atoms with Crippen molar-refractivity contribution in [2.75, 3.05) is 13.2 Å². The lowest BCUT2D eigenvalue weighted by Crippen LogP contribution is -2.61. The number of carbonyl (C=O) groups is 4. The Balaban J connectivity index is 2.71. The zero-order valence-electron chi connectivity index (χ0n) is 45.9. The third-order valence-electron chi connectivity index (χ3n) is 12.8. The summed E-state index contributed by atoms with van der Waals surface area (Å²) in [4.78, 5) is 51.0. The fourth-order valence-corrected chi connectivity index (χ4v) is 8.32. The van der Waals surface area contributed by atoms with Gasteiger partial charge in [-0.05, 0) is 83.5 Å². The Hall–Kier alpha value is -3.84. The Morgan fingerprint density at radius 3 is 1.38 bits per heavy atom. The molecule has 1 fully saturated rings. The van der Waals surface area contributed by atoms with Gasteiger partial charge in [-0.2, -0.15) is 0 Å². The summed E-state index contributed by atoms with van der Waals surface area (Å²) in [5, 5.41) is 31.4. The van der Waals surface area contributed by atoms with Gasteiger partial charge in [0.2, 0.25) is 0 Å². The lowest BCUT2D eigenvalue weighted by Gasteiger charge is -2.40. The second-order valence-electron chi connectivity index (χ2n) is 19.5. The van der Waals surface area contributed by atoms with E-state index in [4.69, 9.17) is 23.7 Å². The van der Waals surface area contributed by atoms with Gasteiger partial charge < -0.3 is 39.0 Å². The number of hydrogen-bond donors (Lipinski definition) is 3. The predicted molar refractivity (Wildman–Crippen MR) is 294 cm³/mol. The van der Waals surface area contributed by atoms with Gasteiger partial charge in [0.1, 0.15) is 18.8 Å². The van der Waals surface area contributed by atoms with E-state index in [2.05, 4.69) is 93.7 Å². The zero-order chi connectivity index (χ0) is 53.3. The van der Waals surface area contributed by atoms with E-state index < -0.39 is 67.3 Å². The van der Waals surface area contributed by atoms with Crippen molar-refractivity contribution in [1.82, 2.24) is 0 Å². The van der Waals surface area contributed by atoms with Crippen LogP contribution in [0.15, 0.2) is 72.9 Å². The van der Waals surface area contributed by atoms with E-state index in [-0.39, 0.29) is 25.9 Å². The van der Waals surface area contributed by atoms with Crippen LogP contribution in [-0.4, -0.2) is 89.2 Å². The molecule has 0 radical (unpaired) electrons. The van der Waals surface area contributed by atoms with Crippen molar-refractivity contribution in [3.63, 3.8) is 0 Å². The summed E-state index contributed by atoms with van der Waals surface area (Å²) in [5.41, 5.74) is 0. The second kappa shape index (κ2) is 49.1. The number of carboxylic acid groups (broad SMARTS) is 1. The molecule has 0 aromatic carbocycles. The molecule has 1 heterocycles. The number of esters is 3. The summed E-state index contributed by atoms with van der Waals surface area (Å²) in [6, 6.07) is 0. The molecule has 0 aromatic rings. The highest BCUT2D eigenvalue weighted by molar-refractivity contribution is 5.74. The van der Waals surface area contributed by atoms with E-state index in [1.807, 2.05) is 0 Å². The van der Waals surface area contributed by atoms with Crippen LogP contribution in [0.2, 0.25) is 0 Å². The van der Waals surface area contributed by atoms with Crippen LogP contribution >= 0.6 is 0 Å². The minimum absolute atomic E-state index is 0.0457. The molecule has 0 bridgehead atoms. The molecule has 0 amide bonds. The molecule has 73 heavy (non-hydrogen) atoms. The molecule has 6 atom stereocenters.